The number of unbranched alkanes of at least 4 members (excludes halogenated alkanes) is 3. The van der Waals surface area contributed by atoms with Gasteiger partial charge in [0.25, 0.3) is 33.7 Å². The predicted molar refractivity (Wildman–Crippen MR) is 104 cm³/mol. The molecule has 0 aromatic rings. The summed E-state index contributed by atoms with van der Waals surface area (Å²) in [7, 11) is -4.81. The first-order valence-corrected chi connectivity index (χ1v) is 12.0. The minimum absolute atomic E-state index is 0.0176. The van der Waals surface area contributed by atoms with Crippen molar-refractivity contribution in [2.45, 2.75) is 61.9 Å². The number of rotatable bonds is 13. The van der Waals surface area contributed by atoms with Crippen LogP contribution in [0, 0.1) is 0 Å². The molecule has 2 N–H and O–H groups in total. The standard InChI is InChI=1S/C16H20N2O14S2/c19-11-7-9(33-32-31-25)15(23)17(11)29-13(21)5-3-1-2-4-6-14(22)30-18-12(20)8-10(16(18)24)34(26,27)28/h9-10,25H,1-8H2,(H,26,27,28). The third kappa shape index (κ3) is 7.43. The van der Waals surface area contributed by atoms with Crippen molar-refractivity contribution in [2.75, 3.05) is 0 Å². The lowest BCUT2D eigenvalue weighted by molar-refractivity contribution is -0.432. The molecule has 0 saturated carbocycles. The van der Waals surface area contributed by atoms with Crippen molar-refractivity contribution >= 4 is 57.7 Å². The van der Waals surface area contributed by atoms with Crippen LogP contribution in [0.15, 0.2) is 0 Å². The summed E-state index contributed by atoms with van der Waals surface area (Å²) in [6.45, 7) is 0. The van der Waals surface area contributed by atoms with Crippen LogP contribution in [0.1, 0.15) is 51.4 Å². The summed E-state index contributed by atoms with van der Waals surface area (Å²) in [5.41, 5.74) is 0. The Bertz CT molecular complexity index is 951. The van der Waals surface area contributed by atoms with Crippen molar-refractivity contribution in [1.82, 2.24) is 10.1 Å². The van der Waals surface area contributed by atoms with Crippen molar-refractivity contribution < 1.29 is 66.0 Å². The Balaban J connectivity index is 1.62. The number of hydrogen-bond acceptors (Lipinski definition) is 14. The molecule has 0 spiro atoms. The molecule has 0 aliphatic carbocycles. The minimum Gasteiger partial charge on any atom is -0.330 e. The van der Waals surface area contributed by atoms with Crippen LogP contribution in [0.3, 0.4) is 0 Å². The van der Waals surface area contributed by atoms with Gasteiger partial charge >= 0.3 is 11.9 Å². The zero-order valence-electron chi connectivity index (χ0n) is 17.3. The summed E-state index contributed by atoms with van der Waals surface area (Å²) in [6, 6.07) is 0. The van der Waals surface area contributed by atoms with Crippen LogP contribution in [0.4, 0.5) is 0 Å². The number of carbonyl (C=O) groups is 6. The SMILES string of the molecule is O=C(CCCCCCC(=O)ON1C(=O)CC(S(=O)(=O)O)C1=O)ON1C(=O)CC(SOOO)C1=O. The first-order valence-electron chi connectivity index (χ1n) is 9.70. The molecule has 2 heterocycles. The fourth-order valence-corrected chi connectivity index (χ4v) is 4.14. The van der Waals surface area contributed by atoms with E-state index in [1.54, 1.807) is 0 Å². The Morgan fingerprint density at radius 3 is 1.85 bits per heavy atom. The van der Waals surface area contributed by atoms with Gasteiger partial charge in [-0.15, -0.1) is 14.5 Å². The third-order valence-corrected chi connectivity index (χ3v) is 6.40. The molecule has 190 valence electrons. The van der Waals surface area contributed by atoms with Gasteiger partial charge in [0.2, 0.25) is 0 Å². The van der Waals surface area contributed by atoms with Crippen LogP contribution in [-0.4, -0.2) is 74.4 Å². The van der Waals surface area contributed by atoms with Gasteiger partial charge < -0.3 is 9.68 Å². The molecule has 2 fully saturated rings. The summed E-state index contributed by atoms with van der Waals surface area (Å²) in [6.07, 6.45) is -0.0879. The second-order valence-corrected chi connectivity index (χ2v) is 9.53. The average molecular weight is 528 g/mol. The lowest BCUT2D eigenvalue weighted by atomic mass is 10.1. The van der Waals surface area contributed by atoms with E-state index in [2.05, 4.69) is 14.2 Å². The zero-order valence-corrected chi connectivity index (χ0v) is 18.9. The van der Waals surface area contributed by atoms with Crippen molar-refractivity contribution in [3.05, 3.63) is 0 Å². The van der Waals surface area contributed by atoms with E-state index in [-0.39, 0.29) is 30.7 Å². The summed E-state index contributed by atoms with van der Waals surface area (Å²) < 4.78 is 35.1. The van der Waals surface area contributed by atoms with E-state index in [9.17, 15) is 37.2 Å². The predicted octanol–water partition coefficient (Wildman–Crippen LogP) is -0.544. The maximum absolute atomic E-state index is 11.9. The Morgan fingerprint density at radius 2 is 1.38 bits per heavy atom. The van der Waals surface area contributed by atoms with Crippen molar-refractivity contribution in [3.63, 3.8) is 0 Å². The number of carbonyl (C=O) groups excluding carboxylic acids is 6. The molecule has 2 rings (SSSR count). The molecule has 0 radical (unpaired) electrons. The second-order valence-electron chi connectivity index (χ2n) is 7.03. The molecule has 2 atom stereocenters. The lowest BCUT2D eigenvalue weighted by Gasteiger charge is -2.13. The van der Waals surface area contributed by atoms with Gasteiger partial charge in [0, 0.05) is 24.9 Å². The molecule has 18 heteroatoms. The average Bonchev–Trinajstić information content (AvgIpc) is 3.19. The molecule has 2 aliphatic rings. The molecule has 0 aromatic carbocycles. The number of amides is 4. The number of nitrogens with zero attached hydrogens (tertiary/aromatic N) is 2. The van der Waals surface area contributed by atoms with Gasteiger partial charge in [0.1, 0.15) is 5.25 Å². The fourth-order valence-electron chi connectivity index (χ4n) is 2.92. The molecule has 34 heavy (non-hydrogen) atoms. The second kappa shape index (κ2) is 12.2. The molecule has 16 nitrogen and oxygen atoms in total. The topological polar surface area (TPSA) is 220 Å². The van der Waals surface area contributed by atoms with E-state index in [0.29, 0.717) is 36.4 Å². The summed E-state index contributed by atoms with van der Waals surface area (Å²) >= 11 is 0.376. The van der Waals surface area contributed by atoms with Gasteiger partial charge in [-0.2, -0.15) is 8.42 Å². The van der Waals surface area contributed by atoms with Crippen LogP contribution in [-0.2, 0) is 57.9 Å². The van der Waals surface area contributed by atoms with Crippen LogP contribution in [0.5, 0.6) is 0 Å². The van der Waals surface area contributed by atoms with Gasteiger partial charge in [-0.1, -0.05) is 17.9 Å². The first kappa shape index (κ1) is 27.6. The van der Waals surface area contributed by atoms with E-state index < -0.39 is 62.6 Å². The highest BCUT2D eigenvalue weighted by atomic mass is 32.2. The molecule has 2 saturated heterocycles. The fraction of sp³-hybridized carbons (Fsp3) is 0.625. The monoisotopic (exact) mass is 528 g/mol. The Kier molecular flexibility index (Phi) is 9.89. The Morgan fingerprint density at radius 1 is 0.882 bits per heavy atom. The molecule has 2 unspecified atom stereocenters. The van der Waals surface area contributed by atoms with Crippen molar-refractivity contribution in [2.24, 2.45) is 0 Å². The van der Waals surface area contributed by atoms with Crippen LogP contribution in [0.2, 0.25) is 0 Å². The van der Waals surface area contributed by atoms with Crippen LogP contribution >= 0.6 is 12.0 Å². The summed E-state index contributed by atoms with van der Waals surface area (Å²) in [5, 5.41) is 8.70. The quantitative estimate of drug-likeness (QED) is 0.0765. The van der Waals surface area contributed by atoms with Crippen molar-refractivity contribution in [1.29, 1.82) is 0 Å². The van der Waals surface area contributed by atoms with E-state index in [1.165, 1.54) is 0 Å². The number of imide groups is 2. The van der Waals surface area contributed by atoms with E-state index in [4.69, 9.17) is 14.6 Å². The highest BCUT2D eigenvalue weighted by molar-refractivity contribution is 7.96. The highest BCUT2D eigenvalue weighted by Gasteiger charge is 2.48. The smallest absolute Gasteiger partial charge is 0.330 e. The maximum atomic E-state index is 11.9. The Labute approximate surface area is 196 Å². The molecular weight excluding hydrogens is 508 g/mol. The van der Waals surface area contributed by atoms with E-state index in [0.717, 1.165) is 0 Å². The molecular formula is C16H20N2O14S2. The summed E-state index contributed by atoms with van der Waals surface area (Å²) in [4.78, 5) is 80.0. The molecule has 4 amide bonds. The molecule has 0 aromatic heterocycles. The van der Waals surface area contributed by atoms with Gasteiger partial charge in [-0.25, -0.2) is 14.8 Å². The number of hydrogen-bond donors (Lipinski definition) is 2. The maximum Gasteiger partial charge on any atom is 0.333 e. The van der Waals surface area contributed by atoms with Gasteiger partial charge in [-0.05, 0) is 12.8 Å². The highest BCUT2D eigenvalue weighted by Crippen LogP contribution is 2.26. The van der Waals surface area contributed by atoms with E-state index in [1.807, 2.05) is 0 Å². The minimum atomic E-state index is -4.81. The zero-order chi connectivity index (χ0) is 25.5. The number of hydroxylamine groups is 4. The molecule has 0 bridgehead atoms. The largest absolute Gasteiger partial charge is 0.333 e. The van der Waals surface area contributed by atoms with Gasteiger partial charge in [0.05, 0.1) is 12.8 Å². The lowest BCUT2D eigenvalue weighted by Crippen LogP contribution is -2.36. The van der Waals surface area contributed by atoms with Crippen LogP contribution in [0.25, 0.3) is 0 Å². The van der Waals surface area contributed by atoms with Crippen LogP contribution < -0.4 is 0 Å². The van der Waals surface area contributed by atoms with E-state index >= 15 is 0 Å². The normalized spacial score (nSPS) is 20.9. The van der Waals surface area contributed by atoms with Gasteiger partial charge in [-0.3, -0.25) is 23.7 Å². The summed E-state index contributed by atoms with van der Waals surface area (Å²) in [5.74, 6) is -5.86. The van der Waals surface area contributed by atoms with Crippen molar-refractivity contribution in [3.8, 4) is 0 Å². The Hall–Kier alpha value is -2.64. The van der Waals surface area contributed by atoms with Gasteiger partial charge in [0.15, 0.2) is 5.25 Å². The molecule has 2 aliphatic heterocycles. The third-order valence-electron chi connectivity index (χ3n) is 4.57. The first-order chi connectivity index (χ1) is 16.0.